The van der Waals surface area contributed by atoms with Gasteiger partial charge in [0, 0.05) is 0 Å². The summed E-state index contributed by atoms with van der Waals surface area (Å²) in [6.45, 7) is 2.87. The van der Waals surface area contributed by atoms with Crippen LogP contribution in [0.25, 0.3) is 11.0 Å². The highest BCUT2D eigenvalue weighted by molar-refractivity contribution is 5.73. The summed E-state index contributed by atoms with van der Waals surface area (Å²) in [5.41, 5.74) is 7.86. The van der Waals surface area contributed by atoms with Gasteiger partial charge in [-0.25, -0.2) is 4.57 Å². The third kappa shape index (κ3) is 1.41. The first-order valence-corrected chi connectivity index (χ1v) is 4.29. The van der Waals surface area contributed by atoms with Crippen molar-refractivity contribution in [3.8, 4) is 0 Å². The standard InChI is InChI=1S/C9H12N4.HI/c1-2-12-7-5-3-4-6-8(7)13(11)9(12)10;/h3-6,10H,2,11H2,1H3;1H. The average Bonchev–Trinajstić information content (AvgIpc) is 2.41. The first kappa shape index (κ1) is 11.1. The van der Waals surface area contributed by atoms with Gasteiger partial charge >= 0.3 is 5.95 Å². The molecule has 4 nitrogen and oxygen atoms in total. The summed E-state index contributed by atoms with van der Waals surface area (Å²) >= 11 is 0. The molecule has 0 fully saturated rings. The third-order valence-electron chi connectivity index (χ3n) is 2.27. The van der Waals surface area contributed by atoms with E-state index in [1.807, 2.05) is 35.8 Å². The summed E-state index contributed by atoms with van der Waals surface area (Å²) in [7, 11) is 0. The smallest absolute Gasteiger partial charge is 0.378 e. The lowest BCUT2D eigenvalue weighted by molar-refractivity contribution is -0.653. The largest absolute Gasteiger partial charge is 1.00 e. The zero-order valence-corrected chi connectivity index (χ0v) is 10.1. The van der Waals surface area contributed by atoms with Crippen molar-refractivity contribution in [1.82, 2.24) is 4.68 Å². The van der Waals surface area contributed by atoms with Crippen molar-refractivity contribution in [3.05, 3.63) is 24.3 Å². The SMILES string of the molecule is CC[n+]1c(N)n(N)c2ccccc21.[I-]. The van der Waals surface area contributed by atoms with E-state index in [2.05, 4.69) is 0 Å². The van der Waals surface area contributed by atoms with Crippen LogP contribution in [-0.4, -0.2) is 4.68 Å². The zero-order chi connectivity index (χ0) is 9.42. The van der Waals surface area contributed by atoms with Crippen molar-refractivity contribution in [2.24, 2.45) is 0 Å². The van der Waals surface area contributed by atoms with Crippen molar-refractivity contribution in [1.29, 1.82) is 0 Å². The molecule has 0 aliphatic carbocycles. The Morgan fingerprint density at radius 1 is 1.36 bits per heavy atom. The predicted octanol–water partition coefficient (Wildman–Crippen LogP) is -2.75. The van der Waals surface area contributed by atoms with E-state index in [0.29, 0.717) is 5.95 Å². The Bertz CT molecular complexity index is 449. The summed E-state index contributed by atoms with van der Waals surface area (Å²) in [6, 6.07) is 7.90. The van der Waals surface area contributed by atoms with Gasteiger partial charge in [-0.05, 0) is 19.1 Å². The van der Waals surface area contributed by atoms with Crippen LogP contribution >= 0.6 is 0 Å². The van der Waals surface area contributed by atoms with Gasteiger partial charge in [0.05, 0.1) is 6.54 Å². The van der Waals surface area contributed by atoms with Crippen LogP contribution in [0.15, 0.2) is 24.3 Å². The highest BCUT2D eigenvalue weighted by atomic mass is 127. The molecular formula is C9H13IN4. The molecule has 0 saturated heterocycles. The minimum atomic E-state index is 0. The maximum Gasteiger partial charge on any atom is 0.378 e. The number of benzene rings is 1. The van der Waals surface area contributed by atoms with E-state index in [-0.39, 0.29) is 24.0 Å². The number of nitrogens with two attached hydrogens (primary N) is 2. The minimum Gasteiger partial charge on any atom is -1.00 e. The number of anilines is 1. The quantitative estimate of drug-likeness (QED) is 0.341. The first-order valence-electron chi connectivity index (χ1n) is 4.29. The van der Waals surface area contributed by atoms with Gasteiger partial charge in [0.1, 0.15) is 5.52 Å². The number of rotatable bonds is 1. The van der Waals surface area contributed by atoms with Crippen molar-refractivity contribution < 1.29 is 28.5 Å². The molecule has 0 atom stereocenters. The van der Waals surface area contributed by atoms with E-state index in [1.165, 1.54) is 4.68 Å². The normalized spacial score (nSPS) is 10.1. The van der Waals surface area contributed by atoms with Gasteiger partial charge in [0.15, 0.2) is 5.52 Å². The van der Waals surface area contributed by atoms with Gasteiger partial charge < -0.3 is 24.0 Å². The van der Waals surface area contributed by atoms with Crippen LogP contribution in [0.1, 0.15) is 6.92 Å². The summed E-state index contributed by atoms with van der Waals surface area (Å²) in [5, 5.41) is 0. The number of para-hydroxylation sites is 2. The molecule has 0 spiro atoms. The fraction of sp³-hybridized carbons (Fsp3) is 0.222. The Hall–Kier alpha value is -0.980. The minimum absolute atomic E-state index is 0. The highest BCUT2D eigenvalue weighted by Gasteiger charge is 2.16. The molecule has 2 aromatic rings. The Kier molecular flexibility index (Phi) is 3.20. The lowest BCUT2D eigenvalue weighted by Gasteiger charge is -1.92. The maximum atomic E-state index is 5.83. The van der Waals surface area contributed by atoms with Crippen molar-refractivity contribution >= 4 is 17.0 Å². The Balaban J connectivity index is 0.000000980. The number of nitrogens with zero attached hydrogens (tertiary/aromatic N) is 2. The fourth-order valence-electron chi connectivity index (χ4n) is 1.61. The average molecular weight is 304 g/mol. The van der Waals surface area contributed by atoms with Crippen molar-refractivity contribution in [2.75, 3.05) is 11.6 Å². The van der Waals surface area contributed by atoms with Gasteiger partial charge in [-0.3, -0.25) is 11.6 Å². The molecule has 0 saturated carbocycles. The second-order valence-electron chi connectivity index (χ2n) is 2.96. The lowest BCUT2D eigenvalue weighted by Crippen LogP contribution is -3.00. The summed E-state index contributed by atoms with van der Waals surface area (Å²) < 4.78 is 3.49. The number of hydrogen-bond donors (Lipinski definition) is 2. The fourth-order valence-corrected chi connectivity index (χ4v) is 1.61. The molecule has 5 heteroatoms. The van der Waals surface area contributed by atoms with Gasteiger partial charge in [0.2, 0.25) is 0 Å². The summed E-state index contributed by atoms with van der Waals surface area (Å²) in [6.07, 6.45) is 0. The molecule has 1 heterocycles. The lowest BCUT2D eigenvalue weighted by atomic mass is 10.3. The zero-order valence-electron chi connectivity index (χ0n) is 7.94. The number of aromatic nitrogens is 2. The number of aryl methyl sites for hydroxylation is 1. The number of halogens is 1. The van der Waals surface area contributed by atoms with E-state index >= 15 is 0 Å². The molecular weight excluding hydrogens is 291 g/mol. The molecule has 0 aliphatic heterocycles. The second kappa shape index (κ2) is 4.04. The van der Waals surface area contributed by atoms with Gasteiger partial charge in [-0.15, -0.1) is 4.68 Å². The summed E-state index contributed by atoms with van der Waals surface area (Å²) in [4.78, 5) is 0. The van der Waals surface area contributed by atoms with E-state index in [4.69, 9.17) is 11.6 Å². The molecule has 0 bridgehead atoms. The Morgan fingerprint density at radius 3 is 2.64 bits per heavy atom. The predicted molar refractivity (Wildman–Crippen MR) is 52.4 cm³/mol. The molecule has 0 aliphatic rings. The Labute approximate surface area is 99.5 Å². The highest BCUT2D eigenvalue weighted by Crippen LogP contribution is 2.11. The maximum absolute atomic E-state index is 5.83. The first-order chi connectivity index (χ1) is 6.25. The van der Waals surface area contributed by atoms with E-state index in [1.54, 1.807) is 0 Å². The van der Waals surface area contributed by atoms with E-state index in [0.717, 1.165) is 17.6 Å². The van der Waals surface area contributed by atoms with Crippen LogP contribution in [0.3, 0.4) is 0 Å². The topological polar surface area (TPSA) is 60.8 Å². The second-order valence-corrected chi connectivity index (χ2v) is 2.96. The van der Waals surface area contributed by atoms with Gasteiger partial charge in [-0.2, -0.15) is 0 Å². The van der Waals surface area contributed by atoms with Crippen LogP contribution in [-0.2, 0) is 6.54 Å². The molecule has 0 radical (unpaired) electrons. The van der Waals surface area contributed by atoms with Crippen LogP contribution in [0.2, 0.25) is 0 Å². The molecule has 4 N–H and O–H groups in total. The van der Waals surface area contributed by atoms with Crippen molar-refractivity contribution in [2.45, 2.75) is 13.5 Å². The Morgan fingerprint density at radius 2 is 2.00 bits per heavy atom. The van der Waals surface area contributed by atoms with E-state index < -0.39 is 0 Å². The molecule has 2 rings (SSSR count). The molecule has 14 heavy (non-hydrogen) atoms. The molecule has 1 aromatic heterocycles. The molecule has 1 aromatic carbocycles. The van der Waals surface area contributed by atoms with Crippen LogP contribution in [0, 0.1) is 0 Å². The molecule has 0 amide bonds. The van der Waals surface area contributed by atoms with Crippen LogP contribution < -0.4 is 40.1 Å². The molecule has 0 unspecified atom stereocenters. The number of hydrogen-bond acceptors (Lipinski definition) is 2. The van der Waals surface area contributed by atoms with Gasteiger partial charge in [-0.1, -0.05) is 12.1 Å². The van der Waals surface area contributed by atoms with Gasteiger partial charge in [0.25, 0.3) is 0 Å². The third-order valence-corrected chi connectivity index (χ3v) is 2.27. The number of nitrogen functional groups attached to an aromatic ring is 2. The monoisotopic (exact) mass is 304 g/mol. The number of imidazole rings is 1. The van der Waals surface area contributed by atoms with Crippen LogP contribution in [0.4, 0.5) is 5.95 Å². The summed E-state index contributed by atoms with van der Waals surface area (Å²) in [5.74, 6) is 6.37. The number of fused-ring (bicyclic) bond motifs is 1. The van der Waals surface area contributed by atoms with Crippen molar-refractivity contribution in [3.63, 3.8) is 0 Å². The van der Waals surface area contributed by atoms with Crippen LogP contribution in [0.5, 0.6) is 0 Å². The van der Waals surface area contributed by atoms with E-state index in [9.17, 15) is 0 Å². The molecule has 76 valence electrons.